The van der Waals surface area contributed by atoms with E-state index in [1.54, 1.807) is 0 Å². The Labute approximate surface area is 101 Å². The molecule has 17 heavy (non-hydrogen) atoms. The van der Waals surface area contributed by atoms with Crippen LogP contribution in [0.25, 0.3) is 0 Å². The summed E-state index contributed by atoms with van der Waals surface area (Å²) in [5.41, 5.74) is 0. The van der Waals surface area contributed by atoms with E-state index < -0.39 is 5.97 Å². The molecule has 0 saturated heterocycles. The Balaban J connectivity index is 1.72. The molecule has 5 nitrogen and oxygen atoms in total. The zero-order chi connectivity index (χ0) is 12.4. The number of ether oxygens (including phenoxy) is 1. The van der Waals surface area contributed by atoms with Crippen LogP contribution in [0, 0.1) is 11.8 Å². The van der Waals surface area contributed by atoms with Gasteiger partial charge in [-0.3, -0.25) is 9.59 Å². The summed E-state index contributed by atoms with van der Waals surface area (Å²) >= 11 is 0. The molecular weight excluding hydrogens is 222 g/mol. The van der Waals surface area contributed by atoms with Crippen LogP contribution in [0.4, 0.5) is 0 Å². The third kappa shape index (κ3) is 2.97. The van der Waals surface area contributed by atoms with Gasteiger partial charge in [-0.2, -0.15) is 0 Å². The molecule has 1 amide bonds. The van der Waals surface area contributed by atoms with E-state index in [9.17, 15) is 9.59 Å². The molecule has 2 aliphatic carbocycles. The predicted molar refractivity (Wildman–Crippen MR) is 60.4 cm³/mol. The Morgan fingerprint density at radius 1 is 1.35 bits per heavy atom. The van der Waals surface area contributed by atoms with Gasteiger partial charge in [0.15, 0.2) is 0 Å². The molecular formula is C12H19NO4. The maximum atomic E-state index is 11.8. The van der Waals surface area contributed by atoms with E-state index in [0.29, 0.717) is 19.4 Å². The second-order valence-corrected chi connectivity index (χ2v) is 4.89. The first-order valence-corrected chi connectivity index (χ1v) is 6.26. The molecule has 0 aromatic heterocycles. The number of amides is 1. The third-order valence-electron chi connectivity index (χ3n) is 3.58. The Kier molecular flexibility index (Phi) is 3.66. The van der Waals surface area contributed by atoms with E-state index >= 15 is 0 Å². The lowest BCUT2D eigenvalue weighted by Gasteiger charge is -2.12. The highest BCUT2D eigenvalue weighted by Crippen LogP contribution is 2.34. The second kappa shape index (κ2) is 5.04. The summed E-state index contributed by atoms with van der Waals surface area (Å²) < 4.78 is 5.36. The maximum Gasteiger partial charge on any atom is 0.306 e. The molecule has 2 fully saturated rings. The van der Waals surface area contributed by atoms with Crippen LogP contribution in [-0.4, -0.2) is 35.7 Å². The van der Waals surface area contributed by atoms with Crippen LogP contribution in [0.5, 0.6) is 0 Å². The van der Waals surface area contributed by atoms with Crippen molar-refractivity contribution in [1.29, 1.82) is 0 Å². The molecule has 0 bridgehead atoms. The van der Waals surface area contributed by atoms with Crippen molar-refractivity contribution in [3.63, 3.8) is 0 Å². The number of nitrogens with one attached hydrogen (secondary N) is 1. The van der Waals surface area contributed by atoms with E-state index in [1.807, 2.05) is 6.92 Å². The lowest BCUT2D eigenvalue weighted by molar-refractivity contribution is -0.141. The Morgan fingerprint density at radius 3 is 2.71 bits per heavy atom. The average molecular weight is 241 g/mol. The molecule has 2 aliphatic rings. The van der Waals surface area contributed by atoms with E-state index in [1.165, 1.54) is 0 Å². The Morgan fingerprint density at radius 2 is 2.12 bits per heavy atom. The van der Waals surface area contributed by atoms with Crippen LogP contribution in [0.1, 0.15) is 32.6 Å². The summed E-state index contributed by atoms with van der Waals surface area (Å²) in [6.07, 6.45) is 2.88. The predicted octanol–water partition coefficient (Wildman–Crippen LogP) is 0.781. The average Bonchev–Trinajstić information content (AvgIpc) is 2.88. The van der Waals surface area contributed by atoms with Gasteiger partial charge in [-0.1, -0.05) is 0 Å². The number of hydrogen-bond donors (Lipinski definition) is 2. The highest BCUT2D eigenvalue weighted by atomic mass is 16.5. The summed E-state index contributed by atoms with van der Waals surface area (Å²) in [5.74, 6) is -1.03. The van der Waals surface area contributed by atoms with E-state index in [-0.39, 0.29) is 29.9 Å². The first-order chi connectivity index (χ1) is 8.11. The Bertz CT molecular complexity index is 318. The lowest BCUT2D eigenvalue weighted by atomic mass is 10.1. The smallest absolute Gasteiger partial charge is 0.306 e. The SMILES string of the molecule is CCOC1CC1C(=O)N[C@@H]1CC[C@H](C(=O)O)C1. The van der Waals surface area contributed by atoms with Crippen molar-refractivity contribution < 1.29 is 19.4 Å². The van der Waals surface area contributed by atoms with E-state index in [4.69, 9.17) is 9.84 Å². The van der Waals surface area contributed by atoms with Crippen molar-refractivity contribution in [3.8, 4) is 0 Å². The summed E-state index contributed by atoms with van der Waals surface area (Å²) in [6, 6.07) is 0.0338. The molecule has 2 rings (SSSR count). The van der Waals surface area contributed by atoms with Crippen molar-refractivity contribution in [2.24, 2.45) is 11.8 Å². The number of carbonyl (C=O) groups excluding carboxylic acids is 1. The van der Waals surface area contributed by atoms with Crippen LogP contribution >= 0.6 is 0 Å². The quantitative estimate of drug-likeness (QED) is 0.746. The van der Waals surface area contributed by atoms with Gasteiger partial charge >= 0.3 is 5.97 Å². The standard InChI is InChI=1S/C12H19NO4/c1-2-17-10-6-9(10)11(14)13-8-4-3-7(5-8)12(15)16/h7-10H,2-6H2,1H3,(H,13,14)(H,15,16)/t7-,8+,9?,10?/m0/s1. The number of aliphatic carboxylic acids is 1. The molecule has 5 heteroatoms. The van der Waals surface area contributed by atoms with E-state index in [2.05, 4.69) is 5.32 Å². The van der Waals surface area contributed by atoms with Crippen molar-refractivity contribution in [2.45, 2.75) is 44.8 Å². The first-order valence-electron chi connectivity index (χ1n) is 6.26. The van der Waals surface area contributed by atoms with Gasteiger partial charge < -0.3 is 15.2 Å². The molecule has 4 atom stereocenters. The fourth-order valence-electron chi connectivity index (χ4n) is 2.49. The largest absolute Gasteiger partial charge is 0.481 e. The molecule has 2 unspecified atom stereocenters. The number of hydrogen-bond acceptors (Lipinski definition) is 3. The Hall–Kier alpha value is -1.10. The molecule has 0 heterocycles. The van der Waals surface area contributed by atoms with Crippen molar-refractivity contribution in [2.75, 3.05) is 6.61 Å². The molecule has 2 saturated carbocycles. The van der Waals surface area contributed by atoms with Crippen molar-refractivity contribution in [1.82, 2.24) is 5.32 Å². The zero-order valence-corrected chi connectivity index (χ0v) is 10.0. The van der Waals surface area contributed by atoms with Gasteiger partial charge in [-0.15, -0.1) is 0 Å². The minimum absolute atomic E-state index is 0.0150. The van der Waals surface area contributed by atoms with Gasteiger partial charge in [0, 0.05) is 12.6 Å². The fraction of sp³-hybridized carbons (Fsp3) is 0.833. The molecule has 2 N–H and O–H groups in total. The first kappa shape index (κ1) is 12.4. The van der Waals surface area contributed by atoms with Gasteiger partial charge in [0.25, 0.3) is 0 Å². The lowest BCUT2D eigenvalue weighted by Crippen LogP contribution is -2.35. The number of carboxylic acids is 1. The summed E-state index contributed by atoms with van der Waals surface area (Å²) in [5, 5.41) is 11.8. The van der Waals surface area contributed by atoms with Crippen LogP contribution in [-0.2, 0) is 14.3 Å². The van der Waals surface area contributed by atoms with Gasteiger partial charge in [0.1, 0.15) is 0 Å². The summed E-state index contributed by atoms with van der Waals surface area (Å²) in [4.78, 5) is 22.6. The molecule has 0 aliphatic heterocycles. The topological polar surface area (TPSA) is 75.6 Å². The highest BCUT2D eigenvalue weighted by molar-refractivity contribution is 5.82. The van der Waals surface area contributed by atoms with Crippen LogP contribution in [0.3, 0.4) is 0 Å². The van der Waals surface area contributed by atoms with Gasteiger partial charge in [-0.05, 0) is 32.6 Å². The monoisotopic (exact) mass is 241 g/mol. The van der Waals surface area contributed by atoms with Gasteiger partial charge in [0.05, 0.1) is 17.9 Å². The second-order valence-electron chi connectivity index (χ2n) is 4.89. The van der Waals surface area contributed by atoms with Crippen LogP contribution in [0.2, 0.25) is 0 Å². The molecule has 96 valence electrons. The third-order valence-corrected chi connectivity index (χ3v) is 3.58. The summed E-state index contributed by atoms with van der Waals surface area (Å²) in [7, 11) is 0. The fourth-order valence-corrected chi connectivity index (χ4v) is 2.49. The van der Waals surface area contributed by atoms with E-state index in [0.717, 1.165) is 12.8 Å². The highest BCUT2D eigenvalue weighted by Gasteiger charge is 2.45. The molecule has 0 aromatic rings. The van der Waals surface area contributed by atoms with Crippen LogP contribution < -0.4 is 5.32 Å². The number of carbonyl (C=O) groups is 2. The molecule has 0 spiro atoms. The van der Waals surface area contributed by atoms with Crippen molar-refractivity contribution in [3.05, 3.63) is 0 Å². The summed E-state index contributed by atoms with van der Waals surface area (Å²) in [6.45, 7) is 2.56. The van der Waals surface area contributed by atoms with Gasteiger partial charge in [0.2, 0.25) is 5.91 Å². The minimum atomic E-state index is -0.750. The van der Waals surface area contributed by atoms with Gasteiger partial charge in [-0.25, -0.2) is 0 Å². The van der Waals surface area contributed by atoms with Crippen LogP contribution in [0.15, 0.2) is 0 Å². The van der Waals surface area contributed by atoms with Crippen molar-refractivity contribution >= 4 is 11.9 Å². The molecule has 0 aromatic carbocycles. The normalized spacial score (nSPS) is 35.6. The number of carboxylic acid groups (broad SMARTS) is 1. The number of rotatable bonds is 5. The minimum Gasteiger partial charge on any atom is -0.481 e. The zero-order valence-electron chi connectivity index (χ0n) is 10.0. The maximum absolute atomic E-state index is 11.8. The molecule has 0 radical (unpaired) electrons.